The van der Waals surface area contributed by atoms with Crippen LogP contribution < -0.4 is 5.48 Å². The van der Waals surface area contributed by atoms with Gasteiger partial charge in [0, 0.05) is 6.20 Å². The normalized spacial score (nSPS) is 8.23. The van der Waals surface area contributed by atoms with Gasteiger partial charge in [-0.3, -0.25) is 15.7 Å². The Hall–Kier alpha value is -1.62. The minimum atomic E-state index is -1.07. The highest BCUT2D eigenvalue weighted by Gasteiger charge is 2.02. The lowest BCUT2D eigenvalue weighted by atomic mass is 10.3. The van der Waals surface area contributed by atoms with Gasteiger partial charge in [-0.25, -0.2) is 4.79 Å². The third-order valence-electron chi connectivity index (χ3n) is 1.11. The van der Waals surface area contributed by atoms with Gasteiger partial charge in [-0.05, 0) is 6.07 Å². The quantitative estimate of drug-likeness (QED) is 0.608. The van der Waals surface area contributed by atoms with Gasteiger partial charge in [0.05, 0.1) is 17.4 Å². The average molecular weight is 184 g/mol. The molecule has 0 aliphatic rings. The molecule has 5 nitrogen and oxygen atoms in total. The van der Waals surface area contributed by atoms with Gasteiger partial charge in [0.2, 0.25) is 0 Å². The molecule has 0 unspecified atom stereocenters. The van der Waals surface area contributed by atoms with E-state index in [0.29, 0.717) is 0 Å². The molecule has 0 fully saturated rings. The Balaban J connectivity index is 0.000000671. The molecule has 0 aliphatic carbocycles. The Morgan fingerprint density at radius 3 is 2.54 bits per heavy atom. The monoisotopic (exact) mass is 184 g/mol. The zero-order valence-corrected chi connectivity index (χ0v) is 7.48. The van der Waals surface area contributed by atoms with Gasteiger partial charge in [0.25, 0.3) is 0 Å². The topological polar surface area (TPSA) is 82.5 Å². The van der Waals surface area contributed by atoms with Crippen molar-refractivity contribution in [3.8, 4) is 0 Å². The predicted octanol–water partition coefficient (Wildman–Crippen LogP) is 1.61. The van der Waals surface area contributed by atoms with Crippen molar-refractivity contribution in [2.75, 3.05) is 5.48 Å². The van der Waals surface area contributed by atoms with Gasteiger partial charge in [0.1, 0.15) is 0 Å². The van der Waals surface area contributed by atoms with Crippen LogP contribution in [-0.2, 0) is 0 Å². The summed E-state index contributed by atoms with van der Waals surface area (Å²) in [6.07, 6.45) is 2.51. The minimum Gasteiger partial charge on any atom is -0.478 e. The second kappa shape index (κ2) is 5.96. The molecule has 0 atom stereocenters. The molecule has 5 heteroatoms. The molecule has 0 aromatic carbocycles. The van der Waals surface area contributed by atoms with Crippen LogP contribution in [0, 0.1) is 0 Å². The maximum Gasteiger partial charge on any atom is 0.337 e. The molecule has 1 rings (SSSR count). The molecule has 13 heavy (non-hydrogen) atoms. The smallest absolute Gasteiger partial charge is 0.337 e. The molecule has 3 N–H and O–H groups in total. The molecule has 0 bridgehead atoms. The van der Waals surface area contributed by atoms with Crippen LogP contribution in [0.25, 0.3) is 0 Å². The zero-order valence-electron chi connectivity index (χ0n) is 7.48. The van der Waals surface area contributed by atoms with Crippen LogP contribution in [-0.4, -0.2) is 21.3 Å². The SMILES string of the molecule is CC.O=C(O)c1cncc(NO)c1. The van der Waals surface area contributed by atoms with E-state index in [4.69, 9.17) is 10.3 Å². The molecule has 1 heterocycles. The fourth-order valence-electron chi connectivity index (χ4n) is 0.618. The lowest BCUT2D eigenvalue weighted by Gasteiger charge is -1.97. The third-order valence-corrected chi connectivity index (χ3v) is 1.11. The fourth-order valence-corrected chi connectivity index (χ4v) is 0.618. The van der Waals surface area contributed by atoms with Crippen LogP contribution in [0.5, 0.6) is 0 Å². The summed E-state index contributed by atoms with van der Waals surface area (Å²) in [5.41, 5.74) is 2.08. The molecule has 0 radical (unpaired) electrons. The summed E-state index contributed by atoms with van der Waals surface area (Å²) < 4.78 is 0. The summed E-state index contributed by atoms with van der Waals surface area (Å²) in [5, 5.41) is 16.8. The number of anilines is 1. The number of pyridine rings is 1. The molecule has 0 saturated heterocycles. The number of aromatic nitrogens is 1. The minimum absolute atomic E-state index is 0.0315. The van der Waals surface area contributed by atoms with Gasteiger partial charge in [-0.1, -0.05) is 13.8 Å². The van der Waals surface area contributed by atoms with Crippen LogP contribution in [0.15, 0.2) is 18.5 Å². The van der Waals surface area contributed by atoms with Crippen molar-refractivity contribution in [3.63, 3.8) is 0 Å². The number of nitrogens with zero attached hydrogens (tertiary/aromatic N) is 1. The lowest BCUT2D eigenvalue weighted by molar-refractivity contribution is 0.0696. The van der Waals surface area contributed by atoms with E-state index in [1.54, 1.807) is 5.48 Å². The van der Waals surface area contributed by atoms with Crippen LogP contribution in [0.1, 0.15) is 24.2 Å². The summed E-state index contributed by atoms with van der Waals surface area (Å²) in [6.45, 7) is 4.00. The second-order valence-corrected chi connectivity index (χ2v) is 1.88. The highest BCUT2D eigenvalue weighted by atomic mass is 16.5. The van der Waals surface area contributed by atoms with Crippen LogP contribution in [0.3, 0.4) is 0 Å². The first-order chi connectivity index (χ1) is 6.24. The number of carbonyl (C=O) groups is 1. The molecular formula is C8H12N2O3. The van der Waals surface area contributed by atoms with E-state index in [1.165, 1.54) is 18.5 Å². The molecule has 1 aromatic heterocycles. The highest BCUT2D eigenvalue weighted by molar-refractivity contribution is 5.88. The zero-order chi connectivity index (χ0) is 10.3. The largest absolute Gasteiger partial charge is 0.478 e. The van der Waals surface area contributed by atoms with E-state index in [2.05, 4.69) is 4.98 Å². The van der Waals surface area contributed by atoms with Crippen LogP contribution in [0.4, 0.5) is 5.69 Å². The Morgan fingerprint density at radius 1 is 1.46 bits per heavy atom. The van der Waals surface area contributed by atoms with Crippen molar-refractivity contribution >= 4 is 11.7 Å². The molecule has 0 saturated carbocycles. The number of nitrogens with one attached hydrogen (secondary N) is 1. The van der Waals surface area contributed by atoms with E-state index in [-0.39, 0.29) is 11.3 Å². The number of hydrogen-bond acceptors (Lipinski definition) is 4. The van der Waals surface area contributed by atoms with E-state index in [0.717, 1.165) is 0 Å². The van der Waals surface area contributed by atoms with Gasteiger partial charge in [-0.15, -0.1) is 0 Å². The molecule has 0 amide bonds. The lowest BCUT2D eigenvalue weighted by Crippen LogP contribution is -1.99. The van der Waals surface area contributed by atoms with E-state index in [9.17, 15) is 4.79 Å². The summed E-state index contributed by atoms with van der Waals surface area (Å²) in [7, 11) is 0. The Bertz CT molecular complexity index is 276. The number of hydrogen-bond donors (Lipinski definition) is 3. The van der Waals surface area contributed by atoms with Crippen LogP contribution >= 0.6 is 0 Å². The first-order valence-corrected chi connectivity index (χ1v) is 3.82. The fraction of sp³-hybridized carbons (Fsp3) is 0.250. The van der Waals surface area contributed by atoms with Gasteiger partial charge >= 0.3 is 5.97 Å². The van der Waals surface area contributed by atoms with E-state index in [1.807, 2.05) is 13.8 Å². The number of carboxylic acids is 1. The van der Waals surface area contributed by atoms with Gasteiger partial charge in [0.15, 0.2) is 0 Å². The van der Waals surface area contributed by atoms with Crippen molar-refractivity contribution in [2.45, 2.75) is 13.8 Å². The van der Waals surface area contributed by atoms with E-state index < -0.39 is 5.97 Å². The van der Waals surface area contributed by atoms with E-state index >= 15 is 0 Å². The maximum absolute atomic E-state index is 10.3. The van der Waals surface area contributed by atoms with Gasteiger partial charge < -0.3 is 5.11 Å². The Labute approximate surface area is 76.0 Å². The van der Waals surface area contributed by atoms with Crippen molar-refractivity contribution in [1.29, 1.82) is 0 Å². The number of rotatable bonds is 2. The highest BCUT2D eigenvalue weighted by Crippen LogP contribution is 2.06. The molecular weight excluding hydrogens is 172 g/mol. The number of aromatic carboxylic acids is 1. The standard InChI is InChI=1S/C6H6N2O3.C2H6/c9-6(10)4-1-5(8-11)3-7-2-4;1-2/h1-3,8,11H,(H,9,10);1-2H3. The molecule has 0 aliphatic heterocycles. The average Bonchev–Trinajstić information content (AvgIpc) is 2.21. The molecule has 0 spiro atoms. The van der Waals surface area contributed by atoms with Crippen molar-refractivity contribution < 1.29 is 15.1 Å². The molecule has 1 aromatic rings. The van der Waals surface area contributed by atoms with Crippen molar-refractivity contribution in [1.82, 2.24) is 4.98 Å². The Morgan fingerprint density at radius 2 is 2.08 bits per heavy atom. The van der Waals surface area contributed by atoms with Gasteiger partial charge in [-0.2, -0.15) is 0 Å². The maximum atomic E-state index is 10.3. The first-order valence-electron chi connectivity index (χ1n) is 3.82. The Kier molecular flexibility index (Phi) is 5.22. The summed E-state index contributed by atoms with van der Waals surface area (Å²) in [6, 6.07) is 1.27. The summed E-state index contributed by atoms with van der Waals surface area (Å²) in [5.74, 6) is -1.07. The molecule has 72 valence electrons. The predicted molar refractivity (Wildman–Crippen MR) is 48.0 cm³/mol. The van der Waals surface area contributed by atoms with Crippen LogP contribution in [0.2, 0.25) is 0 Å². The second-order valence-electron chi connectivity index (χ2n) is 1.88. The van der Waals surface area contributed by atoms with Crippen molar-refractivity contribution in [2.24, 2.45) is 0 Å². The van der Waals surface area contributed by atoms with Crippen molar-refractivity contribution in [3.05, 3.63) is 24.0 Å². The summed E-state index contributed by atoms with van der Waals surface area (Å²) in [4.78, 5) is 13.9. The first kappa shape index (κ1) is 11.4. The third kappa shape index (κ3) is 3.53. The summed E-state index contributed by atoms with van der Waals surface area (Å²) >= 11 is 0. The number of carboxylic acid groups (broad SMARTS) is 1.